The van der Waals surface area contributed by atoms with E-state index in [0.29, 0.717) is 0 Å². The highest BCUT2D eigenvalue weighted by Crippen LogP contribution is 2.28. The molecule has 3 nitrogen and oxygen atoms in total. The van der Waals surface area contributed by atoms with Crippen molar-refractivity contribution in [1.82, 2.24) is 4.90 Å². The number of benzene rings is 2. The monoisotopic (exact) mass is 309 g/mol. The Kier molecular flexibility index (Phi) is 4.56. The Hall–Kier alpha value is -2.42. The van der Waals surface area contributed by atoms with Gasteiger partial charge in [0.2, 0.25) is 0 Å². The molecule has 0 spiro atoms. The van der Waals surface area contributed by atoms with Crippen LogP contribution >= 0.6 is 0 Å². The molecule has 0 aliphatic carbocycles. The van der Waals surface area contributed by atoms with Crippen LogP contribution in [0.25, 0.3) is 6.08 Å². The van der Waals surface area contributed by atoms with Gasteiger partial charge in [0.05, 0.1) is 14.2 Å². The van der Waals surface area contributed by atoms with Crippen molar-refractivity contribution in [3.63, 3.8) is 0 Å². The van der Waals surface area contributed by atoms with Crippen LogP contribution in [-0.2, 0) is 13.0 Å². The van der Waals surface area contributed by atoms with Crippen molar-refractivity contribution < 1.29 is 9.47 Å². The molecule has 1 heterocycles. The van der Waals surface area contributed by atoms with E-state index in [2.05, 4.69) is 54.4 Å². The van der Waals surface area contributed by atoms with Crippen molar-refractivity contribution in [2.24, 2.45) is 0 Å². The predicted octanol–water partition coefficient (Wildman–Crippen LogP) is 4.04. The Bertz CT molecular complexity index is 722. The van der Waals surface area contributed by atoms with E-state index < -0.39 is 0 Å². The lowest BCUT2D eigenvalue weighted by molar-refractivity contribution is 0.352. The van der Waals surface area contributed by atoms with Crippen LogP contribution in [0.3, 0.4) is 0 Å². The van der Waals surface area contributed by atoms with Gasteiger partial charge in [0.1, 0.15) is 0 Å². The predicted molar refractivity (Wildman–Crippen MR) is 93.9 cm³/mol. The fourth-order valence-electron chi connectivity index (χ4n) is 2.93. The van der Waals surface area contributed by atoms with Crippen molar-refractivity contribution in [2.75, 3.05) is 20.8 Å². The quantitative estimate of drug-likeness (QED) is 0.832. The molecule has 120 valence electrons. The molecule has 3 heteroatoms. The number of nitrogens with zero attached hydrogens (tertiary/aromatic N) is 1. The molecule has 23 heavy (non-hydrogen) atoms. The third-order valence-corrected chi connectivity index (χ3v) is 4.28. The van der Waals surface area contributed by atoms with Gasteiger partial charge in [-0.3, -0.25) is 0 Å². The smallest absolute Gasteiger partial charge is 0.160 e. The fourth-order valence-corrected chi connectivity index (χ4v) is 2.93. The van der Waals surface area contributed by atoms with Crippen molar-refractivity contribution >= 4 is 6.08 Å². The van der Waals surface area contributed by atoms with E-state index in [1.54, 1.807) is 14.2 Å². The number of hydrogen-bond donors (Lipinski definition) is 0. The third kappa shape index (κ3) is 3.50. The Balaban J connectivity index is 1.65. The van der Waals surface area contributed by atoms with E-state index >= 15 is 0 Å². The summed E-state index contributed by atoms with van der Waals surface area (Å²) in [5, 5.41) is 0. The molecule has 0 saturated carbocycles. The zero-order valence-electron chi connectivity index (χ0n) is 14.0. The van der Waals surface area contributed by atoms with Gasteiger partial charge in [-0.15, -0.1) is 0 Å². The summed E-state index contributed by atoms with van der Waals surface area (Å²) >= 11 is 0. The Morgan fingerprint density at radius 1 is 1.00 bits per heavy atom. The standard InChI is InChI=1S/C20H23NO2/c1-15-4-6-18-14-21(11-9-17(18)12-15)10-8-16-5-7-19(22-2)20(13-16)23-3/h4-7,9,11-13H,8,10,14H2,1-3H3. The number of fused-ring (bicyclic) bond motifs is 1. The molecular formula is C20H23NO2. The van der Waals surface area contributed by atoms with Crippen LogP contribution in [-0.4, -0.2) is 25.7 Å². The van der Waals surface area contributed by atoms with Gasteiger partial charge in [0.25, 0.3) is 0 Å². The van der Waals surface area contributed by atoms with Crippen LogP contribution in [0, 0.1) is 6.92 Å². The topological polar surface area (TPSA) is 21.7 Å². The molecule has 0 aromatic heterocycles. The minimum absolute atomic E-state index is 0.776. The number of aryl methyl sites for hydroxylation is 1. The number of rotatable bonds is 5. The maximum absolute atomic E-state index is 5.37. The number of ether oxygens (including phenoxy) is 2. The van der Waals surface area contributed by atoms with E-state index in [1.165, 1.54) is 22.3 Å². The summed E-state index contributed by atoms with van der Waals surface area (Å²) < 4.78 is 10.7. The molecular weight excluding hydrogens is 286 g/mol. The second kappa shape index (κ2) is 6.78. The Labute approximate surface area is 138 Å². The molecule has 0 radical (unpaired) electrons. The van der Waals surface area contributed by atoms with Crippen molar-refractivity contribution in [1.29, 1.82) is 0 Å². The molecule has 0 fully saturated rings. The van der Waals surface area contributed by atoms with Crippen LogP contribution in [0.2, 0.25) is 0 Å². The first-order valence-corrected chi connectivity index (χ1v) is 7.92. The van der Waals surface area contributed by atoms with Gasteiger partial charge in [-0.05, 0) is 54.4 Å². The van der Waals surface area contributed by atoms with Crippen LogP contribution in [0.1, 0.15) is 22.3 Å². The summed E-state index contributed by atoms with van der Waals surface area (Å²) in [6.07, 6.45) is 5.38. The number of methoxy groups -OCH3 is 2. The average Bonchev–Trinajstić information content (AvgIpc) is 2.59. The largest absolute Gasteiger partial charge is 0.493 e. The fraction of sp³-hybridized carbons (Fsp3) is 0.300. The highest BCUT2D eigenvalue weighted by molar-refractivity contribution is 5.56. The van der Waals surface area contributed by atoms with E-state index in [-0.39, 0.29) is 0 Å². The van der Waals surface area contributed by atoms with E-state index in [1.807, 2.05) is 6.07 Å². The van der Waals surface area contributed by atoms with E-state index in [0.717, 1.165) is 31.0 Å². The molecule has 0 atom stereocenters. The zero-order valence-corrected chi connectivity index (χ0v) is 14.0. The molecule has 0 bridgehead atoms. The maximum Gasteiger partial charge on any atom is 0.160 e. The highest BCUT2D eigenvalue weighted by Gasteiger charge is 2.11. The summed E-state index contributed by atoms with van der Waals surface area (Å²) in [5.74, 6) is 1.57. The minimum atomic E-state index is 0.776. The molecule has 2 aromatic carbocycles. The lowest BCUT2D eigenvalue weighted by atomic mass is 10.0. The Morgan fingerprint density at radius 3 is 2.61 bits per heavy atom. The van der Waals surface area contributed by atoms with Crippen LogP contribution in [0.5, 0.6) is 11.5 Å². The molecule has 1 aliphatic heterocycles. The van der Waals surface area contributed by atoms with Gasteiger partial charge in [0, 0.05) is 13.1 Å². The second-order valence-corrected chi connectivity index (χ2v) is 5.93. The SMILES string of the molecule is COc1ccc(CCN2C=Cc3cc(C)ccc3C2)cc1OC. The summed E-state index contributed by atoms with van der Waals surface area (Å²) in [7, 11) is 3.34. The Morgan fingerprint density at radius 2 is 1.83 bits per heavy atom. The van der Waals surface area contributed by atoms with Crippen LogP contribution in [0.15, 0.2) is 42.6 Å². The lowest BCUT2D eigenvalue weighted by Crippen LogP contribution is -2.22. The zero-order chi connectivity index (χ0) is 16.2. The van der Waals surface area contributed by atoms with Crippen molar-refractivity contribution in [3.8, 4) is 11.5 Å². The van der Waals surface area contributed by atoms with Gasteiger partial charge in [-0.1, -0.05) is 29.8 Å². The summed E-state index contributed by atoms with van der Waals surface area (Å²) in [6.45, 7) is 4.09. The van der Waals surface area contributed by atoms with Gasteiger partial charge in [-0.25, -0.2) is 0 Å². The first-order chi connectivity index (χ1) is 11.2. The molecule has 0 saturated heterocycles. The highest BCUT2D eigenvalue weighted by atomic mass is 16.5. The maximum atomic E-state index is 5.37. The summed E-state index contributed by atoms with van der Waals surface area (Å²) in [6, 6.07) is 12.8. The first-order valence-electron chi connectivity index (χ1n) is 7.92. The first kappa shape index (κ1) is 15.5. The van der Waals surface area contributed by atoms with Gasteiger partial charge >= 0.3 is 0 Å². The van der Waals surface area contributed by atoms with Crippen molar-refractivity contribution in [2.45, 2.75) is 19.9 Å². The van der Waals surface area contributed by atoms with Crippen LogP contribution < -0.4 is 9.47 Å². The van der Waals surface area contributed by atoms with E-state index in [4.69, 9.17) is 9.47 Å². The number of hydrogen-bond acceptors (Lipinski definition) is 3. The molecule has 1 aliphatic rings. The van der Waals surface area contributed by atoms with Crippen LogP contribution in [0.4, 0.5) is 0 Å². The van der Waals surface area contributed by atoms with Gasteiger partial charge < -0.3 is 14.4 Å². The van der Waals surface area contributed by atoms with Gasteiger partial charge in [-0.2, -0.15) is 0 Å². The van der Waals surface area contributed by atoms with Gasteiger partial charge in [0.15, 0.2) is 11.5 Å². The third-order valence-electron chi connectivity index (χ3n) is 4.28. The average molecular weight is 309 g/mol. The molecule has 2 aromatic rings. The summed E-state index contributed by atoms with van der Waals surface area (Å²) in [4.78, 5) is 2.36. The molecule has 0 N–H and O–H groups in total. The molecule has 0 unspecified atom stereocenters. The second-order valence-electron chi connectivity index (χ2n) is 5.93. The molecule has 0 amide bonds. The summed E-state index contributed by atoms with van der Waals surface area (Å²) in [5.41, 5.74) is 5.30. The normalized spacial score (nSPS) is 12.9. The lowest BCUT2D eigenvalue weighted by Gasteiger charge is -2.25. The van der Waals surface area contributed by atoms with E-state index in [9.17, 15) is 0 Å². The minimum Gasteiger partial charge on any atom is -0.493 e. The van der Waals surface area contributed by atoms with Crippen molar-refractivity contribution in [3.05, 3.63) is 64.9 Å². The molecule has 3 rings (SSSR count).